The molecule has 0 aliphatic carbocycles. The number of amides is 1. The molecule has 1 amide bonds. The third-order valence-electron chi connectivity index (χ3n) is 1.67. The second kappa shape index (κ2) is 3.97. The summed E-state index contributed by atoms with van der Waals surface area (Å²) in [5.74, 6) is 2.11. The van der Waals surface area contributed by atoms with Crippen molar-refractivity contribution in [1.82, 2.24) is 5.32 Å². The summed E-state index contributed by atoms with van der Waals surface area (Å²) < 4.78 is 0. The van der Waals surface area contributed by atoms with Crippen LogP contribution in [0.2, 0.25) is 0 Å². The maximum Gasteiger partial charge on any atom is 0.218 e. The van der Waals surface area contributed by atoms with E-state index in [2.05, 4.69) is 5.32 Å². The maximum atomic E-state index is 10.5. The number of thioether (sulfide) groups is 1. The lowest BCUT2D eigenvalue weighted by Gasteiger charge is -2.28. The molecule has 0 aromatic rings. The van der Waals surface area contributed by atoms with Crippen LogP contribution in [0.4, 0.5) is 0 Å². The van der Waals surface area contributed by atoms with Crippen LogP contribution in [-0.2, 0) is 4.79 Å². The smallest absolute Gasteiger partial charge is 0.218 e. The van der Waals surface area contributed by atoms with E-state index in [1.54, 1.807) is 0 Å². The number of nitrogens with one attached hydrogen (secondary N) is 1. The second-order valence-corrected chi connectivity index (χ2v) is 4.05. The maximum absolute atomic E-state index is 10.5. The van der Waals surface area contributed by atoms with Gasteiger partial charge in [0.05, 0.1) is 0 Å². The molecule has 0 saturated carbocycles. The number of nitrogens with two attached hydrogens (primary N) is 1. The topological polar surface area (TPSA) is 55.1 Å². The summed E-state index contributed by atoms with van der Waals surface area (Å²) in [5.41, 5.74) is 5.04. The SMILES string of the molecule is CC(CC(N)=O)NC1CSC1. The van der Waals surface area contributed by atoms with Gasteiger partial charge in [-0.05, 0) is 6.92 Å². The first-order chi connectivity index (χ1) is 5.18. The summed E-state index contributed by atoms with van der Waals surface area (Å²) in [4.78, 5) is 10.5. The molecule has 1 heterocycles. The molecule has 1 rings (SSSR count). The van der Waals surface area contributed by atoms with E-state index in [4.69, 9.17) is 5.73 Å². The van der Waals surface area contributed by atoms with Crippen molar-refractivity contribution in [3.63, 3.8) is 0 Å². The lowest BCUT2D eigenvalue weighted by atomic mass is 10.2. The van der Waals surface area contributed by atoms with Gasteiger partial charge < -0.3 is 11.1 Å². The van der Waals surface area contributed by atoms with Crippen molar-refractivity contribution in [1.29, 1.82) is 0 Å². The Hall–Kier alpha value is -0.220. The molecule has 1 atom stereocenters. The Morgan fingerprint density at radius 2 is 2.45 bits per heavy atom. The Kier molecular flexibility index (Phi) is 3.20. The van der Waals surface area contributed by atoms with Crippen molar-refractivity contribution >= 4 is 17.7 Å². The first-order valence-electron chi connectivity index (χ1n) is 3.80. The third-order valence-corrected chi connectivity index (χ3v) is 2.94. The van der Waals surface area contributed by atoms with Gasteiger partial charge in [0.2, 0.25) is 5.91 Å². The third kappa shape index (κ3) is 3.12. The van der Waals surface area contributed by atoms with E-state index in [0.717, 1.165) is 0 Å². The van der Waals surface area contributed by atoms with Crippen LogP contribution in [0.1, 0.15) is 13.3 Å². The van der Waals surface area contributed by atoms with Gasteiger partial charge in [-0.1, -0.05) is 0 Å². The average molecular weight is 174 g/mol. The zero-order valence-electron chi connectivity index (χ0n) is 6.67. The van der Waals surface area contributed by atoms with E-state index in [1.807, 2.05) is 18.7 Å². The number of carbonyl (C=O) groups is 1. The Labute approximate surface area is 71.1 Å². The average Bonchev–Trinajstić information content (AvgIpc) is 1.77. The highest BCUT2D eigenvalue weighted by molar-refractivity contribution is 8.00. The van der Waals surface area contributed by atoms with Crippen LogP contribution in [0.3, 0.4) is 0 Å². The van der Waals surface area contributed by atoms with Crippen LogP contribution < -0.4 is 11.1 Å². The van der Waals surface area contributed by atoms with E-state index in [9.17, 15) is 4.79 Å². The van der Waals surface area contributed by atoms with Crippen molar-refractivity contribution < 1.29 is 4.79 Å². The van der Waals surface area contributed by atoms with Crippen LogP contribution in [0.25, 0.3) is 0 Å². The molecule has 64 valence electrons. The summed E-state index contributed by atoms with van der Waals surface area (Å²) in [7, 11) is 0. The Morgan fingerprint density at radius 3 is 2.82 bits per heavy atom. The van der Waals surface area contributed by atoms with E-state index in [0.29, 0.717) is 12.5 Å². The van der Waals surface area contributed by atoms with Crippen LogP contribution in [0, 0.1) is 0 Å². The minimum atomic E-state index is -0.225. The lowest BCUT2D eigenvalue weighted by Crippen LogP contribution is -2.46. The Morgan fingerprint density at radius 1 is 1.82 bits per heavy atom. The number of rotatable bonds is 4. The fourth-order valence-corrected chi connectivity index (χ4v) is 1.76. The molecule has 0 aromatic carbocycles. The van der Waals surface area contributed by atoms with E-state index in [-0.39, 0.29) is 11.9 Å². The summed E-state index contributed by atoms with van der Waals surface area (Å²) in [6.45, 7) is 1.99. The van der Waals surface area contributed by atoms with Crippen LogP contribution in [-0.4, -0.2) is 29.5 Å². The summed E-state index contributed by atoms with van der Waals surface area (Å²) >= 11 is 1.93. The number of hydrogen-bond acceptors (Lipinski definition) is 3. The number of primary amides is 1. The van der Waals surface area contributed by atoms with Crippen molar-refractivity contribution in [2.75, 3.05) is 11.5 Å². The molecule has 1 aliphatic heterocycles. The molecule has 3 nitrogen and oxygen atoms in total. The van der Waals surface area contributed by atoms with Crippen molar-refractivity contribution in [3.8, 4) is 0 Å². The second-order valence-electron chi connectivity index (χ2n) is 2.97. The van der Waals surface area contributed by atoms with Gasteiger partial charge in [-0.15, -0.1) is 0 Å². The van der Waals surface area contributed by atoms with Crippen molar-refractivity contribution in [2.24, 2.45) is 5.73 Å². The lowest BCUT2D eigenvalue weighted by molar-refractivity contribution is -0.118. The van der Waals surface area contributed by atoms with Gasteiger partial charge in [-0.3, -0.25) is 4.79 Å². The summed E-state index contributed by atoms with van der Waals surface area (Å²) in [5, 5.41) is 3.33. The molecule has 0 bridgehead atoms. The highest BCUT2D eigenvalue weighted by Crippen LogP contribution is 2.17. The van der Waals surface area contributed by atoms with E-state index in [1.165, 1.54) is 11.5 Å². The van der Waals surface area contributed by atoms with Crippen LogP contribution in [0.5, 0.6) is 0 Å². The molecule has 3 N–H and O–H groups in total. The highest BCUT2D eigenvalue weighted by atomic mass is 32.2. The van der Waals surface area contributed by atoms with Gasteiger partial charge >= 0.3 is 0 Å². The van der Waals surface area contributed by atoms with Crippen LogP contribution in [0.15, 0.2) is 0 Å². The monoisotopic (exact) mass is 174 g/mol. The van der Waals surface area contributed by atoms with E-state index >= 15 is 0 Å². The molecule has 0 radical (unpaired) electrons. The molecule has 11 heavy (non-hydrogen) atoms. The van der Waals surface area contributed by atoms with E-state index < -0.39 is 0 Å². The van der Waals surface area contributed by atoms with Gasteiger partial charge in [0.15, 0.2) is 0 Å². The van der Waals surface area contributed by atoms with Crippen molar-refractivity contribution in [3.05, 3.63) is 0 Å². The summed E-state index contributed by atoms with van der Waals surface area (Å²) in [6.07, 6.45) is 0.446. The molecule has 0 aromatic heterocycles. The minimum Gasteiger partial charge on any atom is -0.370 e. The first-order valence-corrected chi connectivity index (χ1v) is 4.96. The minimum absolute atomic E-state index is 0.225. The standard InChI is InChI=1S/C7H14N2OS/c1-5(2-7(8)10)9-6-3-11-4-6/h5-6,9H,2-4H2,1H3,(H2,8,10). The Balaban J connectivity index is 2.09. The fourth-order valence-electron chi connectivity index (χ4n) is 1.09. The predicted molar refractivity (Wildman–Crippen MR) is 47.5 cm³/mol. The number of carbonyl (C=O) groups excluding carboxylic acids is 1. The molecular weight excluding hydrogens is 160 g/mol. The highest BCUT2D eigenvalue weighted by Gasteiger charge is 2.19. The molecule has 4 heteroatoms. The predicted octanol–water partition coefficient (Wildman–Crippen LogP) is -0.0447. The summed E-state index contributed by atoms with van der Waals surface area (Å²) in [6, 6.07) is 0.841. The van der Waals surface area contributed by atoms with Gasteiger partial charge in [0.25, 0.3) is 0 Å². The molecule has 1 fully saturated rings. The number of hydrogen-bond donors (Lipinski definition) is 2. The van der Waals surface area contributed by atoms with Gasteiger partial charge in [0, 0.05) is 30.0 Å². The van der Waals surface area contributed by atoms with Gasteiger partial charge in [-0.25, -0.2) is 0 Å². The fraction of sp³-hybridized carbons (Fsp3) is 0.857. The zero-order valence-corrected chi connectivity index (χ0v) is 7.49. The zero-order chi connectivity index (χ0) is 8.27. The molecule has 0 spiro atoms. The molecule has 1 aliphatic rings. The molecule has 1 saturated heterocycles. The van der Waals surface area contributed by atoms with Gasteiger partial charge in [0.1, 0.15) is 0 Å². The molecular formula is C7H14N2OS. The largest absolute Gasteiger partial charge is 0.370 e. The van der Waals surface area contributed by atoms with Crippen LogP contribution >= 0.6 is 11.8 Å². The first kappa shape index (κ1) is 8.87. The quantitative estimate of drug-likeness (QED) is 0.628. The normalized spacial score (nSPS) is 20.8. The van der Waals surface area contributed by atoms with Crippen molar-refractivity contribution in [2.45, 2.75) is 25.4 Å². The molecule has 1 unspecified atom stereocenters. The van der Waals surface area contributed by atoms with Gasteiger partial charge in [-0.2, -0.15) is 11.8 Å². The Bertz CT molecular complexity index is 147.